The summed E-state index contributed by atoms with van der Waals surface area (Å²) < 4.78 is 18.9. The van der Waals surface area contributed by atoms with Crippen molar-refractivity contribution in [3.05, 3.63) is 59.8 Å². The molecule has 1 aromatic carbocycles. The summed E-state index contributed by atoms with van der Waals surface area (Å²) in [6.07, 6.45) is 3.55. The molecule has 1 N–H and O–H groups in total. The Kier molecular flexibility index (Phi) is 4.74. The SMILES string of the molecule is CC(CCc1ccco1)NC(C)c1ccccc1F. The van der Waals surface area contributed by atoms with E-state index in [4.69, 9.17) is 4.42 Å². The molecule has 0 aliphatic rings. The van der Waals surface area contributed by atoms with Gasteiger partial charge in [0.1, 0.15) is 11.6 Å². The molecule has 3 heteroatoms. The molecular formula is C16H20FNO. The minimum atomic E-state index is -0.152. The highest BCUT2D eigenvalue weighted by atomic mass is 19.1. The fourth-order valence-electron chi connectivity index (χ4n) is 2.24. The van der Waals surface area contributed by atoms with E-state index in [0.29, 0.717) is 11.6 Å². The molecule has 0 saturated carbocycles. The molecule has 0 radical (unpaired) electrons. The number of benzene rings is 1. The zero-order valence-electron chi connectivity index (χ0n) is 11.4. The third-order valence-corrected chi connectivity index (χ3v) is 3.31. The van der Waals surface area contributed by atoms with Gasteiger partial charge in [0.2, 0.25) is 0 Å². The number of nitrogens with one attached hydrogen (secondary N) is 1. The highest BCUT2D eigenvalue weighted by molar-refractivity contribution is 5.20. The molecule has 2 aromatic rings. The average molecular weight is 261 g/mol. The topological polar surface area (TPSA) is 25.2 Å². The van der Waals surface area contributed by atoms with Gasteiger partial charge in [-0.05, 0) is 38.5 Å². The number of hydrogen-bond donors (Lipinski definition) is 1. The smallest absolute Gasteiger partial charge is 0.127 e. The van der Waals surface area contributed by atoms with Gasteiger partial charge >= 0.3 is 0 Å². The summed E-state index contributed by atoms with van der Waals surface area (Å²) in [6, 6.07) is 11.1. The lowest BCUT2D eigenvalue weighted by molar-refractivity contribution is 0.423. The van der Waals surface area contributed by atoms with E-state index in [2.05, 4.69) is 12.2 Å². The van der Waals surface area contributed by atoms with Crippen molar-refractivity contribution < 1.29 is 8.81 Å². The molecular weight excluding hydrogens is 241 g/mol. The second-order valence-electron chi connectivity index (χ2n) is 4.93. The molecule has 19 heavy (non-hydrogen) atoms. The monoisotopic (exact) mass is 261 g/mol. The lowest BCUT2D eigenvalue weighted by Gasteiger charge is -2.20. The van der Waals surface area contributed by atoms with Gasteiger partial charge in [0.05, 0.1) is 6.26 Å². The Morgan fingerprint density at radius 2 is 1.95 bits per heavy atom. The van der Waals surface area contributed by atoms with E-state index in [0.717, 1.165) is 18.6 Å². The van der Waals surface area contributed by atoms with E-state index in [1.54, 1.807) is 12.3 Å². The van der Waals surface area contributed by atoms with Gasteiger partial charge in [-0.15, -0.1) is 0 Å². The molecule has 1 aromatic heterocycles. The van der Waals surface area contributed by atoms with Crippen molar-refractivity contribution in [1.82, 2.24) is 5.32 Å². The van der Waals surface area contributed by atoms with Crippen molar-refractivity contribution in [2.75, 3.05) is 0 Å². The fourth-order valence-corrected chi connectivity index (χ4v) is 2.24. The zero-order valence-corrected chi connectivity index (χ0v) is 11.4. The molecule has 0 bridgehead atoms. The van der Waals surface area contributed by atoms with Crippen LogP contribution in [0.15, 0.2) is 47.1 Å². The Labute approximate surface area is 113 Å². The van der Waals surface area contributed by atoms with Crippen LogP contribution in [0.1, 0.15) is 37.6 Å². The molecule has 2 nitrogen and oxygen atoms in total. The van der Waals surface area contributed by atoms with Gasteiger partial charge in [-0.25, -0.2) is 4.39 Å². The van der Waals surface area contributed by atoms with Crippen LogP contribution in [0.4, 0.5) is 4.39 Å². The predicted octanol–water partition coefficient (Wildman–Crippen LogP) is 4.09. The van der Waals surface area contributed by atoms with E-state index in [-0.39, 0.29) is 11.9 Å². The minimum Gasteiger partial charge on any atom is -0.469 e. The lowest BCUT2D eigenvalue weighted by Crippen LogP contribution is -2.29. The van der Waals surface area contributed by atoms with Crippen molar-refractivity contribution in [3.8, 4) is 0 Å². The van der Waals surface area contributed by atoms with Crippen LogP contribution in [0.25, 0.3) is 0 Å². The van der Waals surface area contributed by atoms with Gasteiger partial charge in [0, 0.05) is 24.1 Å². The van der Waals surface area contributed by atoms with E-state index >= 15 is 0 Å². The van der Waals surface area contributed by atoms with Crippen LogP contribution in [0.5, 0.6) is 0 Å². The van der Waals surface area contributed by atoms with E-state index in [9.17, 15) is 4.39 Å². The first-order chi connectivity index (χ1) is 9.16. The lowest BCUT2D eigenvalue weighted by atomic mass is 10.1. The number of hydrogen-bond acceptors (Lipinski definition) is 2. The predicted molar refractivity (Wildman–Crippen MR) is 74.4 cm³/mol. The van der Waals surface area contributed by atoms with E-state index in [1.807, 2.05) is 31.2 Å². The first-order valence-corrected chi connectivity index (χ1v) is 6.69. The van der Waals surface area contributed by atoms with E-state index in [1.165, 1.54) is 6.07 Å². The Bertz CT molecular complexity index is 495. The molecule has 0 aliphatic heterocycles. The van der Waals surface area contributed by atoms with Gasteiger partial charge < -0.3 is 9.73 Å². The number of aryl methyl sites for hydroxylation is 1. The molecule has 0 spiro atoms. The number of rotatable bonds is 6. The summed E-state index contributed by atoms with van der Waals surface area (Å²) in [6.45, 7) is 4.10. The minimum absolute atomic E-state index is 0.00722. The summed E-state index contributed by atoms with van der Waals surface area (Å²) in [5, 5.41) is 3.42. The maximum atomic E-state index is 13.6. The second kappa shape index (κ2) is 6.53. The number of furan rings is 1. The third kappa shape index (κ3) is 3.93. The van der Waals surface area contributed by atoms with Crippen LogP contribution < -0.4 is 5.32 Å². The van der Waals surface area contributed by atoms with Gasteiger partial charge in [-0.2, -0.15) is 0 Å². The van der Waals surface area contributed by atoms with Crippen molar-refractivity contribution in [1.29, 1.82) is 0 Å². The van der Waals surface area contributed by atoms with Crippen LogP contribution in [0, 0.1) is 5.82 Å². The third-order valence-electron chi connectivity index (χ3n) is 3.31. The number of halogens is 1. The van der Waals surface area contributed by atoms with Gasteiger partial charge in [-0.3, -0.25) is 0 Å². The van der Waals surface area contributed by atoms with Crippen LogP contribution in [-0.2, 0) is 6.42 Å². The molecule has 2 atom stereocenters. The molecule has 0 fully saturated rings. The van der Waals surface area contributed by atoms with Crippen molar-refractivity contribution in [2.24, 2.45) is 0 Å². The van der Waals surface area contributed by atoms with Crippen LogP contribution >= 0.6 is 0 Å². The zero-order chi connectivity index (χ0) is 13.7. The highest BCUT2D eigenvalue weighted by Crippen LogP contribution is 2.17. The van der Waals surface area contributed by atoms with Crippen molar-refractivity contribution in [2.45, 2.75) is 38.8 Å². The first-order valence-electron chi connectivity index (χ1n) is 6.69. The fraction of sp³-hybridized carbons (Fsp3) is 0.375. The summed E-state index contributed by atoms with van der Waals surface area (Å²) in [4.78, 5) is 0. The normalized spacial score (nSPS) is 14.3. The molecule has 0 aliphatic carbocycles. The highest BCUT2D eigenvalue weighted by Gasteiger charge is 2.13. The average Bonchev–Trinajstić information content (AvgIpc) is 2.90. The van der Waals surface area contributed by atoms with E-state index < -0.39 is 0 Å². The van der Waals surface area contributed by atoms with Gasteiger partial charge in [-0.1, -0.05) is 18.2 Å². The van der Waals surface area contributed by atoms with Gasteiger partial charge in [0.25, 0.3) is 0 Å². The molecule has 1 heterocycles. The van der Waals surface area contributed by atoms with Crippen molar-refractivity contribution in [3.63, 3.8) is 0 Å². The first kappa shape index (κ1) is 13.8. The summed E-state index contributed by atoms with van der Waals surface area (Å²) in [5.74, 6) is 0.841. The molecule has 2 unspecified atom stereocenters. The Balaban J connectivity index is 1.85. The summed E-state index contributed by atoms with van der Waals surface area (Å²) in [5.41, 5.74) is 0.715. The Hall–Kier alpha value is -1.61. The molecule has 0 amide bonds. The molecule has 2 rings (SSSR count). The summed E-state index contributed by atoms with van der Waals surface area (Å²) in [7, 11) is 0. The summed E-state index contributed by atoms with van der Waals surface area (Å²) >= 11 is 0. The maximum Gasteiger partial charge on any atom is 0.127 e. The van der Waals surface area contributed by atoms with Crippen molar-refractivity contribution >= 4 is 0 Å². The second-order valence-corrected chi connectivity index (χ2v) is 4.93. The Morgan fingerprint density at radius 1 is 1.16 bits per heavy atom. The van der Waals surface area contributed by atoms with Crippen LogP contribution in [-0.4, -0.2) is 6.04 Å². The standard InChI is InChI=1S/C16H20FNO/c1-12(9-10-14-6-5-11-19-14)18-13(2)15-7-3-4-8-16(15)17/h3-8,11-13,18H,9-10H2,1-2H3. The van der Waals surface area contributed by atoms with Gasteiger partial charge in [0.15, 0.2) is 0 Å². The quantitative estimate of drug-likeness (QED) is 0.847. The molecule has 0 saturated heterocycles. The maximum absolute atomic E-state index is 13.6. The van der Waals surface area contributed by atoms with Crippen LogP contribution in [0.2, 0.25) is 0 Å². The largest absolute Gasteiger partial charge is 0.469 e. The Morgan fingerprint density at radius 3 is 2.63 bits per heavy atom. The molecule has 102 valence electrons. The van der Waals surface area contributed by atoms with Crippen LogP contribution in [0.3, 0.4) is 0 Å².